The van der Waals surface area contributed by atoms with E-state index in [2.05, 4.69) is 4.90 Å². The first-order chi connectivity index (χ1) is 12.5. The summed E-state index contributed by atoms with van der Waals surface area (Å²) in [6, 6.07) is 7.56. The number of likely N-dealkylation sites (tertiary alicyclic amines) is 2. The van der Waals surface area contributed by atoms with Crippen LogP contribution < -0.4 is 5.73 Å². The van der Waals surface area contributed by atoms with E-state index < -0.39 is 5.91 Å². The fraction of sp³-hybridized carbons (Fsp3) is 0.600. The molecule has 3 rings (SSSR count). The number of hydrogen-bond donors (Lipinski definition) is 1. The number of nitrogens with zero attached hydrogens (tertiary/aromatic N) is 2. The highest BCUT2D eigenvalue weighted by Crippen LogP contribution is 2.39. The first-order valence-electron chi connectivity index (χ1n) is 9.39. The number of nitrogens with two attached hydrogens (primary N) is 1. The van der Waals surface area contributed by atoms with Gasteiger partial charge in [-0.05, 0) is 43.5 Å². The van der Waals surface area contributed by atoms with Crippen LogP contribution in [-0.4, -0.2) is 61.5 Å². The van der Waals surface area contributed by atoms with Gasteiger partial charge < -0.3 is 15.4 Å². The third kappa shape index (κ3) is 4.43. The molecule has 2 amide bonds. The van der Waals surface area contributed by atoms with E-state index in [0.717, 1.165) is 39.0 Å². The molecule has 0 saturated carbocycles. The van der Waals surface area contributed by atoms with Crippen LogP contribution in [0, 0.1) is 5.41 Å². The van der Waals surface area contributed by atoms with Crippen molar-refractivity contribution in [3.8, 4) is 0 Å². The Balaban J connectivity index is 1.62. The molecule has 2 N–H and O–H groups in total. The number of ether oxygens (including phenoxy) is 1. The van der Waals surface area contributed by atoms with Crippen LogP contribution in [0.3, 0.4) is 0 Å². The number of piperidine rings is 2. The van der Waals surface area contributed by atoms with Crippen LogP contribution >= 0.6 is 0 Å². The van der Waals surface area contributed by atoms with Crippen molar-refractivity contribution in [2.75, 3.05) is 39.9 Å². The summed E-state index contributed by atoms with van der Waals surface area (Å²) in [5.74, 6) is -0.136. The molecule has 0 unspecified atom stereocenters. The molecule has 2 heterocycles. The number of carbonyl (C=O) groups excluding carboxylic acids is 2. The summed E-state index contributed by atoms with van der Waals surface area (Å²) in [4.78, 5) is 27.9. The fourth-order valence-corrected chi connectivity index (χ4v) is 4.32. The fourth-order valence-electron chi connectivity index (χ4n) is 4.32. The number of primary amides is 1. The topological polar surface area (TPSA) is 75.9 Å². The molecule has 6 heteroatoms. The van der Waals surface area contributed by atoms with Crippen LogP contribution in [0.1, 0.15) is 41.6 Å². The summed E-state index contributed by atoms with van der Waals surface area (Å²) in [5.41, 5.74) is 7.25. The minimum atomic E-state index is -0.392. The Morgan fingerprint density at radius 1 is 1.23 bits per heavy atom. The standard InChI is InChI=1S/C20H29N3O3/c1-26-12-11-23-15-20(9-7-18(23)24)8-2-10-22(14-20)13-16-3-5-17(6-4-16)19(21)25/h3-6H,2,7-15H2,1H3,(H2,21,25)/t20-/m0/s1. The zero-order valence-electron chi connectivity index (χ0n) is 15.6. The second-order valence-corrected chi connectivity index (χ2v) is 7.68. The van der Waals surface area contributed by atoms with Crippen molar-refractivity contribution >= 4 is 11.8 Å². The van der Waals surface area contributed by atoms with Gasteiger partial charge >= 0.3 is 0 Å². The summed E-state index contributed by atoms with van der Waals surface area (Å²) in [5, 5.41) is 0. The van der Waals surface area contributed by atoms with Crippen molar-refractivity contribution in [1.29, 1.82) is 0 Å². The second kappa shape index (κ2) is 8.18. The van der Waals surface area contributed by atoms with E-state index >= 15 is 0 Å². The van der Waals surface area contributed by atoms with Gasteiger partial charge in [0.1, 0.15) is 0 Å². The molecule has 0 radical (unpaired) electrons. The quantitative estimate of drug-likeness (QED) is 0.838. The summed E-state index contributed by atoms with van der Waals surface area (Å²) in [6.07, 6.45) is 3.96. The number of amides is 2. The molecular weight excluding hydrogens is 330 g/mol. The third-order valence-electron chi connectivity index (χ3n) is 5.70. The van der Waals surface area contributed by atoms with E-state index in [1.807, 2.05) is 17.0 Å². The van der Waals surface area contributed by atoms with Crippen LogP contribution in [-0.2, 0) is 16.1 Å². The van der Waals surface area contributed by atoms with Gasteiger partial charge in [-0.15, -0.1) is 0 Å². The van der Waals surface area contributed by atoms with E-state index in [9.17, 15) is 9.59 Å². The van der Waals surface area contributed by atoms with Gasteiger partial charge in [0, 0.05) is 50.7 Å². The lowest BCUT2D eigenvalue weighted by Crippen LogP contribution is -2.54. The first kappa shape index (κ1) is 18.9. The highest BCUT2D eigenvalue weighted by Gasteiger charge is 2.41. The van der Waals surface area contributed by atoms with Gasteiger partial charge in [0.05, 0.1) is 6.61 Å². The number of carbonyl (C=O) groups is 2. The zero-order chi connectivity index (χ0) is 18.6. The van der Waals surface area contributed by atoms with Crippen molar-refractivity contribution in [1.82, 2.24) is 9.80 Å². The molecule has 0 aliphatic carbocycles. The van der Waals surface area contributed by atoms with Gasteiger partial charge in [-0.25, -0.2) is 0 Å². The molecule has 2 aliphatic heterocycles. The highest BCUT2D eigenvalue weighted by molar-refractivity contribution is 5.92. The summed E-state index contributed by atoms with van der Waals surface area (Å²) in [6.45, 7) is 5.08. The van der Waals surface area contributed by atoms with Crippen molar-refractivity contribution in [3.63, 3.8) is 0 Å². The van der Waals surface area contributed by atoms with Crippen LogP contribution in [0.5, 0.6) is 0 Å². The van der Waals surface area contributed by atoms with Crippen LogP contribution in [0.4, 0.5) is 0 Å². The maximum atomic E-state index is 12.2. The van der Waals surface area contributed by atoms with Gasteiger partial charge in [0.15, 0.2) is 0 Å². The normalized spacial score (nSPS) is 24.2. The van der Waals surface area contributed by atoms with E-state index in [0.29, 0.717) is 25.1 Å². The second-order valence-electron chi connectivity index (χ2n) is 7.68. The smallest absolute Gasteiger partial charge is 0.248 e. The molecule has 1 aromatic rings. The zero-order valence-corrected chi connectivity index (χ0v) is 15.6. The van der Waals surface area contributed by atoms with Gasteiger partial charge in [-0.2, -0.15) is 0 Å². The number of methoxy groups -OCH3 is 1. The van der Waals surface area contributed by atoms with Crippen LogP contribution in [0.2, 0.25) is 0 Å². The SMILES string of the molecule is COCCN1C[C@@]2(CCCN(Cc3ccc(C(N)=O)cc3)C2)CCC1=O. The Kier molecular flexibility index (Phi) is 5.94. The molecule has 2 aliphatic rings. The van der Waals surface area contributed by atoms with Gasteiger partial charge in [-0.1, -0.05) is 12.1 Å². The molecule has 1 spiro atoms. The molecule has 26 heavy (non-hydrogen) atoms. The number of rotatable bonds is 6. The molecule has 0 aromatic heterocycles. The number of benzene rings is 1. The predicted molar refractivity (Wildman–Crippen MR) is 99.6 cm³/mol. The first-order valence-corrected chi connectivity index (χ1v) is 9.39. The van der Waals surface area contributed by atoms with Gasteiger partial charge in [0.25, 0.3) is 0 Å². The number of hydrogen-bond acceptors (Lipinski definition) is 4. The summed E-state index contributed by atoms with van der Waals surface area (Å²) < 4.78 is 5.16. The Bertz CT molecular complexity index is 646. The maximum absolute atomic E-state index is 12.2. The average molecular weight is 359 g/mol. The van der Waals surface area contributed by atoms with Crippen LogP contribution in [0.25, 0.3) is 0 Å². The molecular formula is C20H29N3O3. The molecule has 2 saturated heterocycles. The minimum Gasteiger partial charge on any atom is -0.383 e. The predicted octanol–water partition coefficient (Wildman–Crippen LogP) is 1.64. The molecule has 0 bridgehead atoms. The monoisotopic (exact) mass is 359 g/mol. The Morgan fingerprint density at radius 3 is 2.69 bits per heavy atom. The van der Waals surface area contributed by atoms with Gasteiger partial charge in [-0.3, -0.25) is 14.5 Å². The minimum absolute atomic E-state index is 0.201. The summed E-state index contributed by atoms with van der Waals surface area (Å²) in [7, 11) is 1.68. The molecule has 2 fully saturated rings. The third-order valence-corrected chi connectivity index (χ3v) is 5.70. The molecule has 1 aromatic carbocycles. The molecule has 6 nitrogen and oxygen atoms in total. The van der Waals surface area contributed by atoms with Crippen molar-refractivity contribution < 1.29 is 14.3 Å². The van der Waals surface area contributed by atoms with Crippen molar-refractivity contribution in [3.05, 3.63) is 35.4 Å². The van der Waals surface area contributed by atoms with E-state index in [1.165, 1.54) is 12.0 Å². The Morgan fingerprint density at radius 2 is 2.00 bits per heavy atom. The summed E-state index contributed by atoms with van der Waals surface area (Å²) >= 11 is 0. The highest BCUT2D eigenvalue weighted by atomic mass is 16.5. The average Bonchev–Trinajstić information content (AvgIpc) is 2.63. The lowest BCUT2D eigenvalue weighted by Gasteiger charge is -2.48. The molecule has 142 valence electrons. The van der Waals surface area contributed by atoms with Crippen LogP contribution in [0.15, 0.2) is 24.3 Å². The molecule has 1 atom stereocenters. The van der Waals surface area contributed by atoms with Crippen molar-refractivity contribution in [2.24, 2.45) is 11.1 Å². The maximum Gasteiger partial charge on any atom is 0.248 e. The largest absolute Gasteiger partial charge is 0.383 e. The van der Waals surface area contributed by atoms with E-state index in [4.69, 9.17) is 10.5 Å². The Hall–Kier alpha value is -1.92. The lowest BCUT2D eigenvalue weighted by atomic mass is 9.73. The van der Waals surface area contributed by atoms with E-state index in [-0.39, 0.29) is 11.3 Å². The van der Waals surface area contributed by atoms with Crippen molar-refractivity contribution in [2.45, 2.75) is 32.2 Å². The lowest BCUT2D eigenvalue weighted by molar-refractivity contribution is -0.140. The van der Waals surface area contributed by atoms with E-state index in [1.54, 1.807) is 19.2 Å². The van der Waals surface area contributed by atoms with Gasteiger partial charge in [0.2, 0.25) is 11.8 Å². The Labute approximate surface area is 155 Å².